The van der Waals surface area contributed by atoms with Gasteiger partial charge in [-0.2, -0.15) is 5.10 Å². The van der Waals surface area contributed by atoms with Crippen molar-refractivity contribution in [1.82, 2.24) is 5.43 Å². The van der Waals surface area contributed by atoms with E-state index in [1.165, 1.54) is 12.8 Å². The molecule has 0 saturated heterocycles. The van der Waals surface area contributed by atoms with Gasteiger partial charge in [0.2, 0.25) is 0 Å². The van der Waals surface area contributed by atoms with Crippen LogP contribution in [0, 0.1) is 11.3 Å². The first-order valence-electron chi connectivity index (χ1n) is 7.37. The number of hydrogen-bond acceptors (Lipinski definition) is 2. The lowest BCUT2D eigenvalue weighted by atomic mass is 9.72. The quantitative estimate of drug-likeness (QED) is 0.812. The van der Waals surface area contributed by atoms with Gasteiger partial charge in [-0.15, -0.1) is 0 Å². The van der Waals surface area contributed by atoms with E-state index in [1.807, 2.05) is 18.2 Å². The maximum absolute atomic E-state index is 11.9. The Kier molecular flexibility index (Phi) is 4.58. The molecule has 20 heavy (non-hydrogen) atoms. The number of carbonyl (C=O) groups is 1. The lowest BCUT2D eigenvalue weighted by Crippen LogP contribution is -2.27. The number of benzene rings is 1. The third-order valence-electron chi connectivity index (χ3n) is 4.14. The van der Waals surface area contributed by atoms with Crippen LogP contribution in [0.1, 0.15) is 56.8 Å². The van der Waals surface area contributed by atoms with Crippen LogP contribution in [-0.2, 0) is 0 Å². The van der Waals surface area contributed by atoms with E-state index in [0.29, 0.717) is 11.0 Å². The first kappa shape index (κ1) is 14.8. The molecular formula is C17H24N2O. The minimum atomic E-state index is -0.129. The van der Waals surface area contributed by atoms with Crippen molar-refractivity contribution in [2.45, 2.75) is 46.5 Å². The number of hydrogen-bond donors (Lipinski definition) is 1. The van der Waals surface area contributed by atoms with Crippen molar-refractivity contribution in [1.29, 1.82) is 0 Å². The van der Waals surface area contributed by atoms with Crippen molar-refractivity contribution in [3.8, 4) is 0 Å². The lowest BCUT2D eigenvalue weighted by molar-refractivity contribution is 0.0954. The largest absolute Gasteiger partial charge is 0.271 e. The van der Waals surface area contributed by atoms with Gasteiger partial charge in [-0.1, -0.05) is 39.0 Å². The molecule has 1 saturated carbocycles. The fraction of sp³-hybridized carbons (Fsp3) is 0.529. The molecule has 0 bridgehead atoms. The summed E-state index contributed by atoms with van der Waals surface area (Å²) in [7, 11) is 0. The van der Waals surface area contributed by atoms with Crippen LogP contribution < -0.4 is 5.43 Å². The Morgan fingerprint density at radius 1 is 1.15 bits per heavy atom. The Balaban J connectivity index is 1.87. The summed E-state index contributed by atoms with van der Waals surface area (Å²) in [5.41, 5.74) is 4.82. The second-order valence-corrected chi connectivity index (χ2v) is 6.63. The average molecular weight is 272 g/mol. The Morgan fingerprint density at radius 2 is 1.75 bits per heavy atom. The Bertz CT molecular complexity index is 475. The molecule has 1 fully saturated rings. The minimum absolute atomic E-state index is 0.129. The highest BCUT2D eigenvalue weighted by molar-refractivity contribution is 5.95. The van der Waals surface area contributed by atoms with Gasteiger partial charge in [0.1, 0.15) is 0 Å². The van der Waals surface area contributed by atoms with Gasteiger partial charge >= 0.3 is 0 Å². The Hall–Kier alpha value is -1.64. The third-order valence-corrected chi connectivity index (χ3v) is 4.14. The Morgan fingerprint density at radius 3 is 2.30 bits per heavy atom. The fourth-order valence-corrected chi connectivity index (χ4v) is 2.71. The van der Waals surface area contributed by atoms with E-state index in [9.17, 15) is 4.79 Å². The molecule has 0 aliphatic heterocycles. The third kappa shape index (κ3) is 3.92. The van der Waals surface area contributed by atoms with E-state index in [2.05, 4.69) is 31.3 Å². The summed E-state index contributed by atoms with van der Waals surface area (Å²) in [4.78, 5) is 11.9. The second-order valence-electron chi connectivity index (χ2n) is 6.63. The van der Waals surface area contributed by atoms with Gasteiger partial charge in [-0.3, -0.25) is 4.79 Å². The molecule has 1 aromatic rings. The van der Waals surface area contributed by atoms with Gasteiger partial charge < -0.3 is 0 Å². The summed E-state index contributed by atoms with van der Waals surface area (Å²) in [6.45, 7) is 6.91. The molecule has 1 amide bonds. The molecule has 1 aliphatic carbocycles. The molecular weight excluding hydrogens is 248 g/mol. The number of nitrogens with zero attached hydrogens (tertiary/aromatic N) is 1. The SMILES string of the molecule is CC(C)(C)C1CCC(=NNC(=O)c2ccccc2)CC1. The highest BCUT2D eigenvalue weighted by Crippen LogP contribution is 2.36. The second kappa shape index (κ2) is 6.21. The highest BCUT2D eigenvalue weighted by Gasteiger charge is 2.28. The fourth-order valence-electron chi connectivity index (χ4n) is 2.71. The monoisotopic (exact) mass is 272 g/mol. The first-order chi connectivity index (χ1) is 9.47. The van der Waals surface area contributed by atoms with Crippen LogP contribution in [0.2, 0.25) is 0 Å². The van der Waals surface area contributed by atoms with Crippen molar-refractivity contribution < 1.29 is 4.79 Å². The van der Waals surface area contributed by atoms with Crippen molar-refractivity contribution in [3.63, 3.8) is 0 Å². The maximum Gasteiger partial charge on any atom is 0.271 e. The molecule has 0 unspecified atom stereocenters. The van der Waals surface area contributed by atoms with Crippen LogP contribution in [0.15, 0.2) is 35.4 Å². The van der Waals surface area contributed by atoms with Crippen LogP contribution in [0.5, 0.6) is 0 Å². The topological polar surface area (TPSA) is 41.5 Å². The molecule has 2 rings (SSSR count). The van der Waals surface area contributed by atoms with Crippen molar-refractivity contribution in [3.05, 3.63) is 35.9 Å². The first-order valence-corrected chi connectivity index (χ1v) is 7.37. The van der Waals surface area contributed by atoms with Gasteiger partial charge in [0.15, 0.2) is 0 Å². The predicted octanol–water partition coefficient (Wildman–Crippen LogP) is 4.01. The molecule has 0 atom stereocenters. The average Bonchev–Trinajstić information content (AvgIpc) is 2.45. The zero-order chi connectivity index (χ0) is 14.6. The molecule has 1 aromatic carbocycles. The van der Waals surface area contributed by atoms with E-state index in [1.54, 1.807) is 12.1 Å². The van der Waals surface area contributed by atoms with Gasteiger partial charge in [-0.05, 0) is 49.1 Å². The van der Waals surface area contributed by atoms with E-state index < -0.39 is 0 Å². The van der Waals surface area contributed by atoms with Gasteiger partial charge in [0.25, 0.3) is 5.91 Å². The van der Waals surface area contributed by atoms with E-state index in [4.69, 9.17) is 0 Å². The zero-order valence-electron chi connectivity index (χ0n) is 12.6. The van der Waals surface area contributed by atoms with E-state index >= 15 is 0 Å². The maximum atomic E-state index is 11.9. The summed E-state index contributed by atoms with van der Waals surface area (Å²) in [6, 6.07) is 9.21. The molecule has 0 heterocycles. The van der Waals surface area contributed by atoms with E-state index in [-0.39, 0.29) is 5.91 Å². The van der Waals surface area contributed by atoms with Crippen LogP contribution in [0.25, 0.3) is 0 Å². The molecule has 108 valence electrons. The predicted molar refractivity (Wildman–Crippen MR) is 82.8 cm³/mol. The van der Waals surface area contributed by atoms with Crippen LogP contribution in [-0.4, -0.2) is 11.6 Å². The van der Waals surface area contributed by atoms with Gasteiger partial charge in [0, 0.05) is 11.3 Å². The van der Waals surface area contributed by atoms with Crippen LogP contribution in [0.3, 0.4) is 0 Å². The molecule has 0 aromatic heterocycles. The van der Waals surface area contributed by atoms with Gasteiger partial charge in [-0.25, -0.2) is 5.43 Å². The molecule has 1 N–H and O–H groups in total. The Labute approximate surface area is 121 Å². The number of amides is 1. The zero-order valence-corrected chi connectivity index (χ0v) is 12.6. The summed E-state index contributed by atoms with van der Waals surface area (Å²) >= 11 is 0. The summed E-state index contributed by atoms with van der Waals surface area (Å²) in [6.07, 6.45) is 4.33. The summed E-state index contributed by atoms with van der Waals surface area (Å²) in [5, 5.41) is 4.29. The van der Waals surface area contributed by atoms with Crippen molar-refractivity contribution in [2.24, 2.45) is 16.4 Å². The lowest BCUT2D eigenvalue weighted by Gasteiger charge is -2.34. The standard InChI is InChI=1S/C17H24N2O/c1-17(2,3)14-9-11-15(12-10-14)18-19-16(20)13-7-5-4-6-8-13/h4-8,14H,9-12H2,1-3H3,(H,19,20). The number of rotatable bonds is 2. The molecule has 0 radical (unpaired) electrons. The highest BCUT2D eigenvalue weighted by atomic mass is 16.2. The number of carbonyl (C=O) groups excluding carboxylic acids is 1. The summed E-state index contributed by atoms with van der Waals surface area (Å²) < 4.78 is 0. The molecule has 3 heteroatoms. The van der Waals surface area contributed by atoms with Crippen molar-refractivity contribution >= 4 is 11.6 Å². The van der Waals surface area contributed by atoms with Gasteiger partial charge in [0.05, 0.1) is 0 Å². The number of hydrazone groups is 1. The van der Waals surface area contributed by atoms with Crippen molar-refractivity contribution in [2.75, 3.05) is 0 Å². The van der Waals surface area contributed by atoms with Crippen LogP contribution in [0.4, 0.5) is 0 Å². The van der Waals surface area contributed by atoms with Crippen LogP contribution >= 0.6 is 0 Å². The molecule has 1 aliphatic rings. The summed E-state index contributed by atoms with van der Waals surface area (Å²) in [5.74, 6) is 0.627. The minimum Gasteiger partial charge on any atom is -0.267 e. The normalized spacial score (nSPS) is 19.6. The molecule has 3 nitrogen and oxygen atoms in total. The smallest absolute Gasteiger partial charge is 0.267 e. The molecule has 0 spiro atoms. The number of nitrogens with one attached hydrogen (secondary N) is 1. The van der Waals surface area contributed by atoms with E-state index in [0.717, 1.165) is 24.5 Å².